The van der Waals surface area contributed by atoms with E-state index in [9.17, 15) is 9.90 Å². The number of benzene rings is 2. The molecule has 3 rings (SSSR count). The van der Waals surface area contributed by atoms with Crippen molar-refractivity contribution in [2.24, 2.45) is 0 Å². The largest absolute Gasteiger partial charge is 0.386 e. The van der Waals surface area contributed by atoms with Gasteiger partial charge in [-0.05, 0) is 24.1 Å². The maximum atomic E-state index is 12.3. The number of rotatable bonds is 5. The van der Waals surface area contributed by atoms with Gasteiger partial charge in [0.1, 0.15) is 0 Å². The van der Waals surface area contributed by atoms with Crippen LogP contribution >= 0.6 is 0 Å². The number of hydrogen-bond acceptors (Lipinski definition) is 2. The predicted molar refractivity (Wildman–Crippen MR) is 91.0 cm³/mol. The summed E-state index contributed by atoms with van der Waals surface area (Å²) in [6, 6.07) is 16.9. The molecular formula is C19H20N2O2. The van der Waals surface area contributed by atoms with Crippen LogP contribution in [0.4, 0.5) is 0 Å². The fourth-order valence-corrected chi connectivity index (χ4v) is 2.77. The molecule has 3 aromatic rings. The molecular weight excluding hydrogens is 288 g/mol. The molecule has 4 heteroatoms. The molecule has 118 valence electrons. The zero-order chi connectivity index (χ0) is 16.2. The molecule has 0 fully saturated rings. The summed E-state index contributed by atoms with van der Waals surface area (Å²) in [5, 5.41) is 14.2. The number of para-hydroxylation sites is 1. The summed E-state index contributed by atoms with van der Waals surface area (Å²) >= 11 is 0. The Morgan fingerprint density at radius 3 is 2.61 bits per heavy atom. The number of H-pyrrole nitrogens is 1. The quantitative estimate of drug-likeness (QED) is 0.678. The minimum absolute atomic E-state index is 0.0998. The normalized spacial score (nSPS) is 13.7. The van der Waals surface area contributed by atoms with Crippen LogP contribution in [0.2, 0.25) is 0 Å². The van der Waals surface area contributed by atoms with Crippen LogP contribution in [0.5, 0.6) is 0 Å². The molecule has 0 saturated heterocycles. The third-order valence-corrected chi connectivity index (χ3v) is 4.03. The molecule has 3 N–H and O–H groups in total. The number of fused-ring (bicyclic) bond motifs is 1. The molecule has 0 saturated carbocycles. The van der Waals surface area contributed by atoms with Gasteiger partial charge in [0.2, 0.25) is 5.91 Å². The van der Waals surface area contributed by atoms with E-state index in [4.69, 9.17) is 0 Å². The van der Waals surface area contributed by atoms with Crippen LogP contribution in [0.15, 0.2) is 60.8 Å². The first kappa shape index (κ1) is 15.3. The molecule has 1 heterocycles. The lowest BCUT2D eigenvalue weighted by molar-refractivity contribution is -0.121. The number of hydrogen-bond donors (Lipinski definition) is 3. The maximum absolute atomic E-state index is 12.3. The van der Waals surface area contributed by atoms with E-state index >= 15 is 0 Å². The van der Waals surface area contributed by atoms with Crippen molar-refractivity contribution in [3.05, 3.63) is 71.9 Å². The number of carbonyl (C=O) groups is 1. The highest BCUT2D eigenvalue weighted by Crippen LogP contribution is 2.19. The van der Waals surface area contributed by atoms with E-state index in [0.717, 1.165) is 22.0 Å². The fourth-order valence-electron chi connectivity index (χ4n) is 2.77. The summed E-state index contributed by atoms with van der Waals surface area (Å²) in [7, 11) is 0. The first-order chi connectivity index (χ1) is 11.1. The van der Waals surface area contributed by atoms with Crippen LogP contribution in [-0.2, 0) is 11.2 Å². The number of aromatic amines is 1. The average Bonchev–Trinajstić information content (AvgIpc) is 2.98. The van der Waals surface area contributed by atoms with E-state index in [1.807, 2.05) is 67.7 Å². The van der Waals surface area contributed by atoms with Gasteiger partial charge >= 0.3 is 0 Å². The minimum Gasteiger partial charge on any atom is -0.386 e. The smallest absolute Gasteiger partial charge is 0.224 e. The molecule has 2 atom stereocenters. The van der Waals surface area contributed by atoms with Gasteiger partial charge in [-0.15, -0.1) is 0 Å². The van der Waals surface area contributed by atoms with Gasteiger partial charge in [0.25, 0.3) is 0 Å². The topological polar surface area (TPSA) is 65.1 Å². The second-order valence-corrected chi connectivity index (χ2v) is 5.75. The highest BCUT2D eigenvalue weighted by atomic mass is 16.3. The zero-order valence-electron chi connectivity index (χ0n) is 13.0. The number of aliphatic hydroxyl groups excluding tert-OH is 1. The molecule has 0 spiro atoms. The zero-order valence-corrected chi connectivity index (χ0v) is 13.0. The Hall–Kier alpha value is -2.59. The van der Waals surface area contributed by atoms with Crippen molar-refractivity contribution in [3.8, 4) is 0 Å². The van der Waals surface area contributed by atoms with E-state index < -0.39 is 6.10 Å². The monoisotopic (exact) mass is 308 g/mol. The highest BCUT2D eigenvalue weighted by molar-refractivity contribution is 5.88. The number of nitrogens with one attached hydrogen (secondary N) is 2. The lowest BCUT2D eigenvalue weighted by atomic mass is 10.0. The van der Waals surface area contributed by atoms with Gasteiger partial charge in [-0.2, -0.15) is 0 Å². The maximum Gasteiger partial charge on any atom is 0.224 e. The summed E-state index contributed by atoms with van der Waals surface area (Å²) in [6.45, 7) is 1.81. The van der Waals surface area contributed by atoms with Gasteiger partial charge in [0, 0.05) is 17.1 Å². The Balaban J connectivity index is 1.65. The molecule has 0 aliphatic carbocycles. The van der Waals surface area contributed by atoms with Crippen molar-refractivity contribution >= 4 is 16.8 Å². The second kappa shape index (κ2) is 6.67. The van der Waals surface area contributed by atoms with E-state index in [1.165, 1.54) is 0 Å². The van der Waals surface area contributed by atoms with Gasteiger partial charge in [0.05, 0.1) is 18.6 Å². The molecule has 2 aromatic carbocycles. The Labute approximate surface area is 135 Å². The second-order valence-electron chi connectivity index (χ2n) is 5.75. The third kappa shape index (κ3) is 3.43. The molecule has 4 nitrogen and oxygen atoms in total. The van der Waals surface area contributed by atoms with Crippen molar-refractivity contribution < 1.29 is 9.90 Å². The number of aliphatic hydroxyl groups is 1. The molecule has 0 radical (unpaired) electrons. The van der Waals surface area contributed by atoms with E-state index in [2.05, 4.69) is 10.3 Å². The van der Waals surface area contributed by atoms with Crippen molar-refractivity contribution in [3.63, 3.8) is 0 Å². The molecule has 0 aliphatic rings. The van der Waals surface area contributed by atoms with Crippen LogP contribution in [0, 0.1) is 0 Å². The summed E-state index contributed by atoms with van der Waals surface area (Å²) in [4.78, 5) is 15.4. The van der Waals surface area contributed by atoms with Crippen LogP contribution in [-0.4, -0.2) is 22.0 Å². The fraction of sp³-hybridized carbons (Fsp3) is 0.211. The van der Waals surface area contributed by atoms with Gasteiger partial charge in [-0.1, -0.05) is 48.5 Å². The number of aromatic nitrogens is 1. The van der Waals surface area contributed by atoms with Crippen molar-refractivity contribution in [1.82, 2.24) is 10.3 Å². The first-order valence-corrected chi connectivity index (χ1v) is 7.72. The van der Waals surface area contributed by atoms with E-state index in [0.29, 0.717) is 0 Å². The summed E-state index contributed by atoms with van der Waals surface area (Å²) < 4.78 is 0. The summed E-state index contributed by atoms with van der Waals surface area (Å²) in [5.41, 5.74) is 2.78. The van der Waals surface area contributed by atoms with Gasteiger partial charge in [-0.3, -0.25) is 4.79 Å². The lowest BCUT2D eigenvalue weighted by Crippen LogP contribution is -2.37. The van der Waals surface area contributed by atoms with E-state index in [-0.39, 0.29) is 18.4 Å². The number of amides is 1. The van der Waals surface area contributed by atoms with Gasteiger partial charge in [0.15, 0.2) is 0 Å². The predicted octanol–water partition coefficient (Wildman–Crippen LogP) is 2.95. The Bertz CT molecular complexity index is 795. The van der Waals surface area contributed by atoms with Crippen molar-refractivity contribution in [1.29, 1.82) is 0 Å². The molecule has 0 unspecified atom stereocenters. The Kier molecular flexibility index (Phi) is 4.44. The number of carbonyl (C=O) groups excluding carboxylic acids is 1. The molecule has 1 amide bonds. The molecule has 23 heavy (non-hydrogen) atoms. The van der Waals surface area contributed by atoms with Crippen molar-refractivity contribution in [2.75, 3.05) is 0 Å². The SMILES string of the molecule is C[C@H](NC(=O)Cc1c[nH]c2ccccc12)[C@@H](O)c1ccccc1. The average molecular weight is 308 g/mol. The summed E-state index contributed by atoms with van der Waals surface area (Å²) in [5.74, 6) is -0.0998. The molecule has 0 aliphatic heterocycles. The van der Waals surface area contributed by atoms with Crippen LogP contribution in [0.1, 0.15) is 24.2 Å². The summed E-state index contributed by atoms with van der Waals surface area (Å²) in [6.07, 6.45) is 1.43. The molecule has 1 aromatic heterocycles. The van der Waals surface area contributed by atoms with Crippen molar-refractivity contribution in [2.45, 2.75) is 25.5 Å². The van der Waals surface area contributed by atoms with Gasteiger partial charge < -0.3 is 15.4 Å². The van der Waals surface area contributed by atoms with Crippen LogP contribution in [0.3, 0.4) is 0 Å². The minimum atomic E-state index is -0.719. The Morgan fingerprint density at radius 2 is 1.83 bits per heavy atom. The van der Waals surface area contributed by atoms with Crippen LogP contribution < -0.4 is 5.32 Å². The highest BCUT2D eigenvalue weighted by Gasteiger charge is 2.18. The standard InChI is InChI=1S/C19H20N2O2/c1-13(19(23)14-7-3-2-4-8-14)21-18(22)11-15-12-20-17-10-6-5-9-16(15)17/h2-10,12-13,19-20,23H,11H2,1H3,(H,21,22)/t13-,19+/m0/s1. The third-order valence-electron chi connectivity index (χ3n) is 4.03. The Morgan fingerprint density at radius 1 is 1.13 bits per heavy atom. The van der Waals surface area contributed by atoms with E-state index in [1.54, 1.807) is 0 Å². The molecule has 0 bridgehead atoms. The lowest BCUT2D eigenvalue weighted by Gasteiger charge is -2.20. The van der Waals surface area contributed by atoms with Gasteiger partial charge in [-0.25, -0.2) is 0 Å². The first-order valence-electron chi connectivity index (χ1n) is 7.72. The van der Waals surface area contributed by atoms with Crippen LogP contribution in [0.25, 0.3) is 10.9 Å².